The highest BCUT2D eigenvalue weighted by atomic mass is 32.2. The third kappa shape index (κ3) is 3.17. The second-order valence-electron chi connectivity index (χ2n) is 4.35. The zero-order chi connectivity index (χ0) is 13.8. The van der Waals surface area contributed by atoms with Crippen LogP contribution in [0.1, 0.15) is 23.2 Å². The molecular formula is C12H15N3O3S. The third-order valence-corrected chi connectivity index (χ3v) is 4.41. The highest BCUT2D eigenvalue weighted by Gasteiger charge is 2.24. The molecule has 1 aliphatic rings. The topological polar surface area (TPSA) is 98.3 Å². The number of rotatable bonds is 4. The fourth-order valence-electron chi connectivity index (χ4n) is 2.06. The molecule has 1 amide bonds. The van der Waals surface area contributed by atoms with Crippen LogP contribution in [0.4, 0.5) is 11.4 Å². The van der Waals surface area contributed by atoms with Crippen molar-refractivity contribution in [1.29, 1.82) is 0 Å². The number of nitrogen functional groups attached to an aromatic ring is 1. The zero-order valence-electron chi connectivity index (χ0n) is 10.3. The zero-order valence-corrected chi connectivity index (χ0v) is 11.1. The van der Waals surface area contributed by atoms with Crippen LogP contribution in [0.15, 0.2) is 18.2 Å². The van der Waals surface area contributed by atoms with E-state index in [2.05, 4.69) is 5.32 Å². The molecule has 0 bridgehead atoms. The first-order chi connectivity index (χ1) is 9.09. The molecule has 0 radical (unpaired) electrons. The van der Waals surface area contributed by atoms with Gasteiger partial charge in [0, 0.05) is 11.8 Å². The number of benzene rings is 1. The first-order valence-electron chi connectivity index (χ1n) is 6.02. The normalized spacial score (nSPS) is 18.2. The van der Waals surface area contributed by atoms with E-state index in [0.29, 0.717) is 11.8 Å². The van der Waals surface area contributed by atoms with Gasteiger partial charge in [0.1, 0.15) is 11.3 Å². The Kier molecular flexibility index (Phi) is 4.26. The predicted octanol–water partition coefficient (Wildman–Crippen LogP) is 1.80. The van der Waals surface area contributed by atoms with Gasteiger partial charge in [0.2, 0.25) is 0 Å². The summed E-state index contributed by atoms with van der Waals surface area (Å²) in [5, 5.41) is 14.1. The van der Waals surface area contributed by atoms with Gasteiger partial charge in [-0.25, -0.2) is 0 Å². The first kappa shape index (κ1) is 13.7. The van der Waals surface area contributed by atoms with Gasteiger partial charge in [-0.3, -0.25) is 14.9 Å². The molecule has 1 atom stereocenters. The number of amides is 1. The molecule has 1 saturated heterocycles. The molecular weight excluding hydrogens is 266 g/mol. The fraction of sp³-hybridized carbons (Fsp3) is 0.417. The molecule has 3 N–H and O–H groups in total. The van der Waals surface area contributed by atoms with E-state index in [1.54, 1.807) is 6.07 Å². The van der Waals surface area contributed by atoms with E-state index in [1.807, 2.05) is 11.8 Å². The van der Waals surface area contributed by atoms with Crippen LogP contribution in [0.5, 0.6) is 0 Å². The maximum absolute atomic E-state index is 12.0. The van der Waals surface area contributed by atoms with Gasteiger partial charge in [-0.1, -0.05) is 6.07 Å². The van der Waals surface area contributed by atoms with Gasteiger partial charge in [-0.15, -0.1) is 0 Å². The van der Waals surface area contributed by atoms with E-state index < -0.39 is 10.8 Å². The number of carbonyl (C=O) groups excluding carboxylic acids is 1. The summed E-state index contributed by atoms with van der Waals surface area (Å²) in [6.45, 7) is 0.537. The van der Waals surface area contributed by atoms with Gasteiger partial charge in [-0.05, 0) is 30.7 Å². The molecule has 1 unspecified atom stereocenters. The van der Waals surface area contributed by atoms with Crippen molar-refractivity contribution in [3.8, 4) is 0 Å². The highest BCUT2D eigenvalue weighted by molar-refractivity contribution is 8.00. The maximum Gasteiger partial charge on any atom is 0.304 e. The molecule has 1 aliphatic heterocycles. The van der Waals surface area contributed by atoms with Crippen molar-refractivity contribution in [2.24, 2.45) is 0 Å². The molecule has 19 heavy (non-hydrogen) atoms. The van der Waals surface area contributed by atoms with Gasteiger partial charge in [-0.2, -0.15) is 11.8 Å². The molecule has 6 nitrogen and oxygen atoms in total. The number of anilines is 1. The molecule has 0 saturated carbocycles. The number of hydrogen-bond acceptors (Lipinski definition) is 5. The van der Waals surface area contributed by atoms with Crippen LogP contribution in [0.3, 0.4) is 0 Å². The largest absolute Gasteiger partial charge is 0.393 e. The van der Waals surface area contributed by atoms with E-state index in [1.165, 1.54) is 12.1 Å². The fourth-order valence-corrected chi connectivity index (χ4v) is 3.26. The Bertz CT molecular complexity index is 501. The summed E-state index contributed by atoms with van der Waals surface area (Å²) in [7, 11) is 0. The van der Waals surface area contributed by atoms with Crippen LogP contribution in [0.25, 0.3) is 0 Å². The van der Waals surface area contributed by atoms with E-state index in [-0.39, 0.29) is 16.9 Å². The summed E-state index contributed by atoms with van der Waals surface area (Å²) in [6.07, 6.45) is 2.23. The van der Waals surface area contributed by atoms with Gasteiger partial charge < -0.3 is 11.1 Å². The molecule has 1 heterocycles. The molecule has 7 heteroatoms. The molecule has 1 aromatic carbocycles. The Hall–Kier alpha value is -1.76. The summed E-state index contributed by atoms with van der Waals surface area (Å²) in [4.78, 5) is 22.3. The van der Waals surface area contributed by atoms with Crippen molar-refractivity contribution in [3.63, 3.8) is 0 Å². The number of nitrogens with one attached hydrogen (secondary N) is 1. The number of nitro benzene ring substituents is 1. The van der Waals surface area contributed by atoms with Crippen molar-refractivity contribution in [2.75, 3.05) is 18.0 Å². The lowest BCUT2D eigenvalue weighted by Crippen LogP contribution is -2.30. The van der Waals surface area contributed by atoms with Crippen LogP contribution in [-0.4, -0.2) is 28.4 Å². The maximum atomic E-state index is 12.0. The van der Waals surface area contributed by atoms with Gasteiger partial charge in [0.15, 0.2) is 0 Å². The van der Waals surface area contributed by atoms with Crippen LogP contribution >= 0.6 is 11.8 Å². The summed E-state index contributed by atoms with van der Waals surface area (Å²) in [6, 6.07) is 4.38. The van der Waals surface area contributed by atoms with Crippen LogP contribution in [-0.2, 0) is 0 Å². The van der Waals surface area contributed by atoms with Crippen molar-refractivity contribution in [2.45, 2.75) is 18.1 Å². The Morgan fingerprint density at radius 1 is 1.58 bits per heavy atom. The summed E-state index contributed by atoms with van der Waals surface area (Å²) in [5.74, 6) is 0.672. The van der Waals surface area contributed by atoms with E-state index in [4.69, 9.17) is 5.73 Å². The van der Waals surface area contributed by atoms with E-state index >= 15 is 0 Å². The number of nitrogens with two attached hydrogens (primary N) is 1. The average molecular weight is 281 g/mol. The van der Waals surface area contributed by atoms with Crippen LogP contribution in [0.2, 0.25) is 0 Å². The molecule has 0 aliphatic carbocycles. The van der Waals surface area contributed by atoms with Crippen molar-refractivity contribution in [1.82, 2.24) is 5.32 Å². The quantitative estimate of drug-likeness (QED) is 0.498. The Morgan fingerprint density at radius 2 is 2.37 bits per heavy atom. The minimum atomic E-state index is -0.617. The molecule has 0 spiro atoms. The lowest BCUT2D eigenvalue weighted by molar-refractivity contribution is -0.384. The lowest BCUT2D eigenvalue weighted by Gasteiger charge is -2.10. The van der Waals surface area contributed by atoms with Gasteiger partial charge in [0.05, 0.1) is 4.92 Å². The lowest BCUT2D eigenvalue weighted by atomic mass is 10.1. The number of thioether (sulfide) groups is 1. The smallest absolute Gasteiger partial charge is 0.304 e. The number of nitro groups is 1. The second kappa shape index (κ2) is 5.92. The summed E-state index contributed by atoms with van der Waals surface area (Å²) in [5.41, 5.74) is 5.26. The SMILES string of the molecule is Nc1cccc(C(=O)NCC2CCCS2)c1[N+](=O)[O-]. The Labute approximate surface area is 114 Å². The van der Waals surface area contributed by atoms with Crippen LogP contribution in [0, 0.1) is 10.1 Å². The number of carbonyl (C=O) groups is 1. The standard InChI is InChI=1S/C12H15N3O3S/c13-10-5-1-4-9(11(10)15(17)18)12(16)14-7-8-3-2-6-19-8/h1,4-5,8H,2-3,6-7,13H2,(H,14,16). The molecule has 1 aromatic rings. The van der Waals surface area contributed by atoms with Crippen LogP contribution < -0.4 is 11.1 Å². The van der Waals surface area contributed by atoms with Gasteiger partial charge in [0.25, 0.3) is 5.91 Å². The molecule has 102 valence electrons. The number of para-hydroxylation sites is 1. The van der Waals surface area contributed by atoms with Gasteiger partial charge >= 0.3 is 5.69 Å². The molecule has 2 rings (SSSR count). The highest BCUT2D eigenvalue weighted by Crippen LogP contribution is 2.27. The Morgan fingerprint density at radius 3 is 3.00 bits per heavy atom. The first-order valence-corrected chi connectivity index (χ1v) is 7.07. The molecule has 0 aromatic heterocycles. The van der Waals surface area contributed by atoms with Crippen molar-refractivity contribution >= 4 is 29.0 Å². The summed E-state index contributed by atoms with van der Waals surface area (Å²) < 4.78 is 0. The predicted molar refractivity (Wildman–Crippen MR) is 75.3 cm³/mol. The van der Waals surface area contributed by atoms with Crippen molar-refractivity contribution in [3.05, 3.63) is 33.9 Å². The monoisotopic (exact) mass is 281 g/mol. The Balaban J connectivity index is 2.10. The average Bonchev–Trinajstić information content (AvgIpc) is 2.88. The second-order valence-corrected chi connectivity index (χ2v) is 5.75. The number of hydrogen-bond donors (Lipinski definition) is 2. The third-order valence-electron chi connectivity index (χ3n) is 3.01. The summed E-state index contributed by atoms with van der Waals surface area (Å²) >= 11 is 1.82. The molecule has 1 fully saturated rings. The van der Waals surface area contributed by atoms with E-state index in [9.17, 15) is 14.9 Å². The van der Waals surface area contributed by atoms with E-state index in [0.717, 1.165) is 18.6 Å². The van der Waals surface area contributed by atoms with Crippen molar-refractivity contribution < 1.29 is 9.72 Å². The minimum Gasteiger partial charge on any atom is -0.393 e. The number of nitrogens with zero attached hydrogens (tertiary/aromatic N) is 1. The minimum absolute atomic E-state index is 0.00731.